The summed E-state index contributed by atoms with van der Waals surface area (Å²) in [6.07, 6.45) is 1.94. The lowest BCUT2D eigenvalue weighted by atomic mass is 10.0. The lowest BCUT2D eigenvalue weighted by Gasteiger charge is -2.31. The standard InChI is InChI=1S/C15H20N2O3/c1-2-16(11-15(19)20)10-14(18)17-9-5-7-12-6-3-4-8-13(12)17/h3-4,6,8H,2,5,7,9-11H2,1H3,(H,19,20). The van der Waals surface area contributed by atoms with E-state index in [4.69, 9.17) is 5.11 Å². The minimum Gasteiger partial charge on any atom is -0.480 e. The van der Waals surface area contributed by atoms with Crippen molar-refractivity contribution in [2.24, 2.45) is 0 Å². The van der Waals surface area contributed by atoms with E-state index in [1.54, 1.807) is 9.80 Å². The molecule has 1 aromatic rings. The highest BCUT2D eigenvalue weighted by Crippen LogP contribution is 2.26. The molecule has 2 rings (SSSR count). The van der Waals surface area contributed by atoms with E-state index in [1.165, 1.54) is 5.56 Å². The normalized spacial score (nSPS) is 14.2. The summed E-state index contributed by atoms with van der Waals surface area (Å²) in [5.41, 5.74) is 2.16. The molecule has 1 N–H and O–H groups in total. The third kappa shape index (κ3) is 3.36. The molecule has 0 saturated carbocycles. The zero-order chi connectivity index (χ0) is 14.5. The highest BCUT2D eigenvalue weighted by Gasteiger charge is 2.23. The average Bonchev–Trinajstić information content (AvgIpc) is 2.45. The van der Waals surface area contributed by atoms with Crippen LogP contribution in [0.25, 0.3) is 0 Å². The molecular weight excluding hydrogens is 256 g/mol. The second-order valence-corrected chi connectivity index (χ2v) is 4.97. The smallest absolute Gasteiger partial charge is 0.317 e. The molecule has 1 heterocycles. The second-order valence-electron chi connectivity index (χ2n) is 4.97. The maximum Gasteiger partial charge on any atom is 0.317 e. The summed E-state index contributed by atoms with van der Waals surface area (Å²) in [6, 6.07) is 7.92. The number of carboxylic acid groups (broad SMARTS) is 1. The molecule has 20 heavy (non-hydrogen) atoms. The summed E-state index contributed by atoms with van der Waals surface area (Å²) in [4.78, 5) is 26.6. The highest BCUT2D eigenvalue weighted by atomic mass is 16.4. The molecule has 1 aliphatic rings. The predicted octanol–water partition coefficient (Wildman–Crippen LogP) is 1.37. The molecule has 108 valence electrons. The van der Waals surface area contributed by atoms with Gasteiger partial charge in [-0.2, -0.15) is 0 Å². The van der Waals surface area contributed by atoms with E-state index in [0.717, 1.165) is 18.5 Å². The number of nitrogens with zero attached hydrogens (tertiary/aromatic N) is 2. The molecule has 0 fully saturated rings. The number of aryl methyl sites for hydroxylation is 1. The number of amides is 1. The number of carbonyl (C=O) groups excluding carboxylic acids is 1. The topological polar surface area (TPSA) is 60.9 Å². The van der Waals surface area contributed by atoms with E-state index < -0.39 is 5.97 Å². The lowest BCUT2D eigenvalue weighted by Crippen LogP contribution is -2.44. The zero-order valence-corrected chi connectivity index (χ0v) is 11.7. The first-order valence-corrected chi connectivity index (χ1v) is 6.94. The Hall–Kier alpha value is -1.88. The summed E-state index contributed by atoms with van der Waals surface area (Å²) in [5.74, 6) is -0.932. The zero-order valence-electron chi connectivity index (χ0n) is 11.7. The van der Waals surface area contributed by atoms with Crippen molar-refractivity contribution in [2.45, 2.75) is 19.8 Å². The number of aliphatic carboxylic acids is 1. The van der Waals surface area contributed by atoms with Gasteiger partial charge in [-0.05, 0) is 31.0 Å². The van der Waals surface area contributed by atoms with Crippen LogP contribution >= 0.6 is 0 Å². The van der Waals surface area contributed by atoms with Gasteiger partial charge in [0.25, 0.3) is 0 Å². The number of carboxylic acids is 1. The molecule has 0 aromatic heterocycles. The monoisotopic (exact) mass is 276 g/mol. The SMILES string of the molecule is CCN(CC(=O)O)CC(=O)N1CCCc2ccccc21. The van der Waals surface area contributed by atoms with Crippen molar-refractivity contribution in [3.05, 3.63) is 29.8 Å². The molecule has 0 aliphatic carbocycles. The average molecular weight is 276 g/mol. The Bertz CT molecular complexity index is 502. The van der Waals surface area contributed by atoms with Crippen LogP contribution in [0.3, 0.4) is 0 Å². The Morgan fingerprint density at radius 1 is 1.30 bits per heavy atom. The van der Waals surface area contributed by atoms with Gasteiger partial charge in [0.05, 0.1) is 13.1 Å². The third-order valence-electron chi connectivity index (χ3n) is 3.58. The molecule has 0 bridgehead atoms. The maximum absolute atomic E-state index is 12.4. The molecule has 5 nitrogen and oxygen atoms in total. The Morgan fingerprint density at radius 3 is 2.75 bits per heavy atom. The largest absolute Gasteiger partial charge is 0.480 e. The van der Waals surface area contributed by atoms with Crippen LogP contribution in [-0.2, 0) is 16.0 Å². The van der Waals surface area contributed by atoms with Crippen molar-refractivity contribution >= 4 is 17.6 Å². The van der Waals surface area contributed by atoms with E-state index >= 15 is 0 Å². The Kier molecular flexibility index (Phi) is 4.74. The van der Waals surface area contributed by atoms with Crippen molar-refractivity contribution in [1.29, 1.82) is 0 Å². The van der Waals surface area contributed by atoms with E-state index in [0.29, 0.717) is 13.1 Å². The first kappa shape index (κ1) is 14.5. The lowest BCUT2D eigenvalue weighted by molar-refractivity contribution is -0.138. The van der Waals surface area contributed by atoms with Crippen molar-refractivity contribution < 1.29 is 14.7 Å². The van der Waals surface area contributed by atoms with Crippen LogP contribution in [0.1, 0.15) is 18.9 Å². The van der Waals surface area contributed by atoms with Crippen LogP contribution in [0.4, 0.5) is 5.69 Å². The molecule has 1 aromatic carbocycles. The number of rotatable bonds is 5. The van der Waals surface area contributed by atoms with Gasteiger partial charge in [0.2, 0.25) is 5.91 Å². The van der Waals surface area contributed by atoms with Crippen molar-refractivity contribution in [3.8, 4) is 0 Å². The van der Waals surface area contributed by atoms with E-state index in [1.807, 2.05) is 31.2 Å². The summed E-state index contributed by atoms with van der Waals surface area (Å²) in [5, 5.41) is 8.83. The molecule has 0 atom stereocenters. The number of fused-ring (bicyclic) bond motifs is 1. The molecule has 1 amide bonds. The fourth-order valence-corrected chi connectivity index (χ4v) is 2.54. The molecule has 0 saturated heterocycles. The van der Waals surface area contributed by atoms with Crippen molar-refractivity contribution in [3.63, 3.8) is 0 Å². The Morgan fingerprint density at radius 2 is 2.05 bits per heavy atom. The Balaban J connectivity index is 2.08. The Labute approximate surface area is 118 Å². The van der Waals surface area contributed by atoms with Crippen LogP contribution in [0.5, 0.6) is 0 Å². The molecular formula is C15H20N2O3. The number of para-hydroxylation sites is 1. The number of carbonyl (C=O) groups is 2. The fraction of sp³-hybridized carbons (Fsp3) is 0.467. The molecule has 0 spiro atoms. The molecule has 0 unspecified atom stereocenters. The van der Waals surface area contributed by atoms with Gasteiger partial charge < -0.3 is 10.0 Å². The van der Waals surface area contributed by atoms with Gasteiger partial charge in [0.1, 0.15) is 0 Å². The van der Waals surface area contributed by atoms with Gasteiger partial charge in [-0.1, -0.05) is 25.1 Å². The molecule has 5 heteroatoms. The molecule has 0 radical (unpaired) electrons. The van der Waals surface area contributed by atoms with Gasteiger partial charge in [0, 0.05) is 12.2 Å². The van der Waals surface area contributed by atoms with Gasteiger partial charge in [0.15, 0.2) is 0 Å². The summed E-state index contributed by atoms with van der Waals surface area (Å²) in [7, 11) is 0. The van der Waals surface area contributed by atoms with E-state index in [9.17, 15) is 9.59 Å². The van der Waals surface area contributed by atoms with Gasteiger partial charge in [-0.3, -0.25) is 14.5 Å². The van der Waals surface area contributed by atoms with Crippen LogP contribution in [-0.4, -0.2) is 48.1 Å². The summed E-state index contributed by atoms with van der Waals surface area (Å²) in [6.45, 7) is 3.17. The first-order valence-electron chi connectivity index (χ1n) is 6.94. The number of hydrogen-bond donors (Lipinski definition) is 1. The van der Waals surface area contributed by atoms with E-state index in [2.05, 4.69) is 0 Å². The van der Waals surface area contributed by atoms with Crippen LogP contribution in [0, 0.1) is 0 Å². The van der Waals surface area contributed by atoms with Crippen molar-refractivity contribution in [1.82, 2.24) is 4.90 Å². The quantitative estimate of drug-likeness (QED) is 0.882. The highest BCUT2D eigenvalue weighted by molar-refractivity contribution is 5.96. The molecule has 1 aliphatic heterocycles. The van der Waals surface area contributed by atoms with Crippen LogP contribution in [0.15, 0.2) is 24.3 Å². The summed E-state index contributed by atoms with van der Waals surface area (Å²) >= 11 is 0. The van der Waals surface area contributed by atoms with E-state index in [-0.39, 0.29) is 19.0 Å². The van der Waals surface area contributed by atoms with Crippen molar-refractivity contribution in [2.75, 3.05) is 31.1 Å². The first-order chi connectivity index (χ1) is 9.61. The van der Waals surface area contributed by atoms with Gasteiger partial charge in [-0.25, -0.2) is 0 Å². The van der Waals surface area contributed by atoms with Crippen LogP contribution in [0.2, 0.25) is 0 Å². The fourth-order valence-electron chi connectivity index (χ4n) is 2.54. The second kappa shape index (κ2) is 6.52. The third-order valence-corrected chi connectivity index (χ3v) is 3.58. The number of anilines is 1. The number of benzene rings is 1. The van der Waals surface area contributed by atoms with Gasteiger partial charge in [-0.15, -0.1) is 0 Å². The maximum atomic E-state index is 12.4. The minimum absolute atomic E-state index is 0.0275. The summed E-state index contributed by atoms with van der Waals surface area (Å²) < 4.78 is 0. The minimum atomic E-state index is -0.904. The number of hydrogen-bond acceptors (Lipinski definition) is 3. The number of likely N-dealkylation sites (N-methyl/N-ethyl adjacent to an activating group) is 1. The van der Waals surface area contributed by atoms with Gasteiger partial charge >= 0.3 is 5.97 Å². The predicted molar refractivity (Wildman–Crippen MR) is 76.9 cm³/mol. The van der Waals surface area contributed by atoms with Crippen LogP contribution < -0.4 is 4.90 Å².